The molecule has 0 unspecified atom stereocenters. The number of halogens is 1. The van der Waals surface area contributed by atoms with E-state index in [1.54, 1.807) is 21.7 Å². The summed E-state index contributed by atoms with van der Waals surface area (Å²) in [6.07, 6.45) is 3.18. The summed E-state index contributed by atoms with van der Waals surface area (Å²) < 4.78 is 15.2. The number of carbonyl (C=O) groups is 1. The third-order valence-electron chi connectivity index (χ3n) is 4.31. The first kappa shape index (κ1) is 14.7. The van der Waals surface area contributed by atoms with Crippen molar-refractivity contribution >= 4 is 17.4 Å². The molecule has 1 amide bonds. The standard InChI is InChI=1S/C17H16FN5O/c1-10-8-13(18)9-12-4-3-7-22(14(10)12)16(24)15-20-17-19-6-5-11(2)23(17)21-15/h5-6,8-9H,3-4,7H2,1-2H3. The molecule has 1 aromatic carbocycles. The smallest absolute Gasteiger partial charge is 0.298 e. The van der Waals surface area contributed by atoms with Gasteiger partial charge >= 0.3 is 0 Å². The Morgan fingerprint density at radius 1 is 1.29 bits per heavy atom. The van der Waals surface area contributed by atoms with E-state index in [-0.39, 0.29) is 17.5 Å². The van der Waals surface area contributed by atoms with Gasteiger partial charge in [-0.25, -0.2) is 13.9 Å². The van der Waals surface area contributed by atoms with Crippen molar-refractivity contribution in [3.8, 4) is 0 Å². The number of hydrogen-bond donors (Lipinski definition) is 0. The molecular formula is C17H16FN5O. The summed E-state index contributed by atoms with van der Waals surface area (Å²) in [5.41, 5.74) is 3.22. The van der Waals surface area contributed by atoms with Crippen molar-refractivity contribution in [3.63, 3.8) is 0 Å². The number of carbonyl (C=O) groups excluding carboxylic acids is 1. The Balaban J connectivity index is 1.79. The summed E-state index contributed by atoms with van der Waals surface area (Å²) >= 11 is 0. The third-order valence-corrected chi connectivity index (χ3v) is 4.31. The van der Waals surface area contributed by atoms with Crippen LogP contribution in [0.25, 0.3) is 5.78 Å². The lowest BCUT2D eigenvalue weighted by Crippen LogP contribution is -2.36. The Hall–Kier alpha value is -2.83. The molecule has 0 bridgehead atoms. The van der Waals surface area contributed by atoms with Crippen molar-refractivity contribution in [1.82, 2.24) is 19.6 Å². The average molecular weight is 325 g/mol. The predicted octanol–water partition coefficient (Wildman–Crippen LogP) is 2.47. The van der Waals surface area contributed by atoms with Crippen LogP contribution in [0.15, 0.2) is 24.4 Å². The summed E-state index contributed by atoms with van der Waals surface area (Å²) in [4.78, 5) is 23.0. The fourth-order valence-corrected chi connectivity index (χ4v) is 3.24. The minimum absolute atomic E-state index is 0.105. The largest absolute Gasteiger partial charge is 0.305 e. The normalized spacial score (nSPS) is 14.0. The Kier molecular flexibility index (Phi) is 3.30. The highest BCUT2D eigenvalue weighted by Crippen LogP contribution is 2.32. The van der Waals surface area contributed by atoms with Gasteiger partial charge in [0.05, 0.1) is 5.69 Å². The van der Waals surface area contributed by atoms with Gasteiger partial charge < -0.3 is 4.90 Å². The molecule has 6 nitrogen and oxygen atoms in total. The second-order valence-corrected chi connectivity index (χ2v) is 6.02. The van der Waals surface area contributed by atoms with Gasteiger partial charge in [0.25, 0.3) is 11.7 Å². The molecule has 0 atom stereocenters. The van der Waals surface area contributed by atoms with Gasteiger partial charge in [0.1, 0.15) is 5.82 Å². The van der Waals surface area contributed by atoms with E-state index in [0.29, 0.717) is 12.3 Å². The molecule has 1 aliphatic heterocycles. The fraction of sp³-hybridized carbons (Fsp3) is 0.294. The zero-order chi connectivity index (χ0) is 16.8. The van der Waals surface area contributed by atoms with Gasteiger partial charge in [0.2, 0.25) is 5.82 Å². The molecule has 7 heteroatoms. The van der Waals surface area contributed by atoms with Gasteiger partial charge in [-0.2, -0.15) is 4.98 Å². The highest BCUT2D eigenvalue weighted by molar-refractivity contribution is 6.05. The van der Waals surface area contributed by atoms with E-state index < -0.39 is 0 Å². The topological polar surface area (TPSA) is 63.4 Å². The van der Waals surface area contributed by atoms with Gasteiger partial charge in [-0.1, -0.05) is 0 Å². The third kappa shape index (κ3) is 2.24. The number of aryl methyl sites for hydroxylation is 3. The van der Waals surface area contributed by atoms with Crippen LogP contribution in [-0.2, 0) is 6.42 Å². The van der Waals surface area contributed by atoms with E-state index in [4.69, 9.17) is 0 Å². The van der Waals surface area contributed by atoms with Gasteiger partial charge in [0.15, 0.2) is 0 Å². The van der Waals surface area contributed by atoms with Crippen LogP contribution in [0.2, 0.25) is 0 Å². The second-order valence-electron chi connectivity index (χ2n) is 6.02. The molecule has 1 aliphatic rings. The number of nitrogens with zero attached hydrogens (tertiary/aromatic N) is 5. The first-order chi connectivity index (χ1) is 11.5. The summed E-state index contributed by atoms with van der Waals surface area (Å²) in [7, 11) is 0. The molecule has 3 aromatic rings. The molecule has 4 rings (SSSR count). The van der Waals surface area contributed by atoms with Crippen LogP contribution in [0, 0.1) is 19.7 Å². The molecular weight excluding hydrogens is 309 g/mol. The Labute approximate surface area is 138 Å². The van der Waals surface area contributed by atoms with E-state index in [0.717, 1.165) is 35.3 Å². The molecule has 122 valence electrons. The lowest BCUT2D eigenvalue weighted by molar-refractivity contribution is 0.0975. The van der Waals surface area contributed by atoms with E-state index in [9.17, 15) is 9.18 Å². The van der Waals surface area contributed by atoms with Crippen molar-refractivity contribution < 1.29 is 9.18 Å². The zero-order valence-corrected chi connectivity index (χ0v) is 13.5. The van der Waals surface area contributed by atoms with Gasteiger partial charge in [-0.3, -0.25) is 4.79 Å². The molecule has 0 fully saturated rings. The SMILES string of the molecule is Cc1cc(F)cc2c1N(C(=O)c1nc3nccc(C)n3n1)CCC2. The van der Waals surface area contributed by atoms with Crippen LogP contribution in [0.5, 0.6) is 0 Å². The van der Waals surface area contributed by atoms with Crippen LogP contribution in [-0.4, -0.2) is 32.0 Å². The number of hydrogen-bond acceptors (Lipinski definition) is 4. The van der Waals surface area contributed by atoms with Crippen LogP contribution in [0.3, 0.4) is 0 Å². The predicted molar refractivity (Wildman–Crippen MR) is 86.7 cm³/mol. The summed E-state index contributed by atoms with van der Waals surface area (Å²) in [6.45, 7) is 4.26. The zero-order valence-electron chi connectivity index (χ0n) is 13.5. The molecule has 24 heavy (non-hydrogen) atoms. The fourth-order valence-electron chi connectivity index (χ4n) is 3.24. The maximum atomic E-state index is 13.7. The molecule has 0 spiro atoms. The molecule has 0 saturated heterocycles. The quantitative estimate of drug-likeness (QED) is 0.689. The van der Waals surface area contributed by atoms with Crippen LogP contribution in [0.1, 0.15) is 33.9 Å². The number of amides is 1. The maximum Gasteiger partial charge on any atom is 0.298 e. The highest BCUT2D eigenvalue weighted by Gasteiger charge is 2.28. The van der Waals surface area contributed by atoms with E-state index >= 15 is 0 Å². The Bertz CT molecular complexity index is 965. The van der Waals surface area contributed by atoms with Crippen molar-refractivity contribution in [2.24, 2.45) is 0 Å². The van der Waals surface area contributed by atoms with E-state index in [1.165, 1.54) is 12.1 Å². The van der Waals surface area contributed by atoms with Gasteiger partial charge in [0, 0.05) is 18.4 Å². The summed E-state index contributed by atoms with van der Waals surface area (Å²) in [5, 5.41) is 4.29. The van der Waals surface area contributed by atoms with Crippen molar-refractivity contribution in [2.45, 2.75) is 26.7 Å². The van der Waals surface area contributed by atoms with Crippen LogP contribution >= 0.6 is 0 Å². The molecule has 0 saturated carbocycles. The number of rotatable bonds is 1. The van der Waals surface area contributed by atoms with Crippen molar-refractivity contribution in [3.05, 3.63) is 52.9 Å². The molecule has 3 heterocycles. The van der Waals surface area contributed by atoms with Gasteiger partial charge in [-0.05, 0) is 56.0 Å². The lowest BCUT2D eigenvalue weighted by atomic mass is 9.98. The molecule has 0 radical (unpaired) electrons. The Morgan fingerprint density at radius 2 is 2.12 bits per heavy atom. The van der Waals surface area contributed by atoms with Crippen molar-refractivity contribution in [1.29, 1.82) is 0 Å². The van der Waals surface area contributed by atoms with Crippen molar-refractivity contribution in [2.75, 3.05) is 11.4 Å². The number of fused-ring (bicyclic) bond motifs is 2. The lowest BCUT2D eigenvalue weighted by Gasteiger charge is -2.30. The Morgan fingerprint density at radius 3 is 2.92 bits per heavy atom. The first-order valence-corrected chi connectivity index (χ1v) is 7.84. The number of aromatic nitrogens is 4. The molecule has 0 N–H and O–H groups in total. The monoisotopic (exact) mass is 325 g/mol. The first-order valence-electron chi connectivity index (χ1n) is 7.84. The summed E-state index contributed by atoms with van der Waals surface area (Å²) in [6, 6.07) is 4.76. The van der Waals surface area contributed by atoms with Gasteiger partial charge in [-0.15, -0.1) is 5.10 Å². The van der Waals surface area contributed by atoms with Crippen LogP contribution in [0.4, 0.5) is 10.1 Å². The number of benzene rings is 1. The molecule has 2 aromatic heterocycles. The highest BCUT2D eigenvalue weighted by atomic mass is 19.1. The maximum absolute atomic E-state index is 13.7. The van der Waals surface area contributed by atoms with E-state index in [1.807, 2.05) is 13.8 Å². The average Bonchev–Trinajstić information content (AvgIpc) is 2.99. The molecule has 0 aliphatic carbocycles. The number of anilines is 1. The minimum Gasteiger partial charge on any atom is -0.305 e. The summed E-state index contributed by atoms with van der Waals surface area (Å²) in [5.74, 6) is -0.0541. The minimum atomic E-state index is -0.282. The van der Waals surface area contributed by atoms with E-state index in [2.05, 4.69) is 15.1 Å². The van der Waals surface area contributed by atoms with Crippen LogP contribution < -0.4 is 4.90 Å². The second kappa shape index (κ2) is 5.36.